The van der Waals surface area contributed by atoms with Crippen LogP contribution in [-0.4, -0.2) is 20.1 Å². The SMILES string of the molecule is CC1(C)[C@H]2Cc3cc(C(O)(c4cc5c(cn4)[C@@H]4C[C@H](C5)C4(C)C)c4cc5c(cn4)[C@@H]4C[C@H](C5)C4(C)C)ncc3[C@@H]1C2. The van der Waals surface area contributed by atoms with Crippen LogP contribution in [0.15, 0.2) is 36.8 Å². The fourth-order valence-electron chi connectivity index (χ4n) is 10.4. The first-order valence-electron chi connectivity index (χ1n) is 16.1. The molecule has 0 amide bonds. The van der Waals surface area contributed by atoms with Crippen LogP contribution in [0.2, 0.25) is 0 Å². The van der Waals surface area contributed by atoms with Gasteiger partial charge in [0.2, 0.25) is 0 Å². The number of aromatic nitrogens is 3. The third-order valence-corrected chi connectivity index (χ3v) is 14.1. The van der Waals surface area contributed by atoms with Gasteiger partial charge < -0.3 is 5.11 Å². The van der Waals surface area contributed by atoms with Gasteiger partial charge in [-0.05, 0) is 142 Å². The molecule has 41 heavy (non-hydrogen) atoms. The monoisotopic (exact) mass is 545 g/mol. The highest BCUT2D eigenvalue weighted by Gasteiger charge is 2.56. The molecule has 0 radical (unpaired) electrons. The largest absolute Gasteiger partial charge is 0.372 e. The van der Waals surface area contributed by atoms with E-state index in [4.69, 9.17) is 15.0 Å². The molecule has 3 fully saturated rings. The Kier molecular flexibility index (Phi) is 4.55. The molecule has 0 spiro atoms. The maximum absolute atomic E-state index is 13.0. The Hall–Kier alpha value is -2.59. The Labute approximate surface area is 244 Å². The predicted molar refractivity (Wildman–Crippen MR) is 160 cm³/mol. The van der Waals surface area contributed by atoms with Gasteiger partial charge in [0.15, 0.2) is 5.60 Å². The molecule has 6 bridgehead atoms. The van der Waals surface area contributed by atoms with Crippen molar-refractivity contribution in [3.8, 4) is 0 Å². The number of hydrogen-bond acceptors (Lipinski definition) is 4. The molecule has 0 aliphatic heterocycles. The van der Waals surface area contributed by atoms with Crippen LogP contribution in [0.4, 0.5) is 0 Å². The van der Waals surface area contributed by atoms with Crippen LogP contribution in [-0.2, 0) is 24.9 Å². The van der Waals surface area contributed by atoms with Crippen molar-refractivity contribution in [1.82, 2.24) is 15.0 Å². The van der Waals surface area contributed by atoms with E-state index in [0.717, 1.165) is 19.3 Å². The Morgan fingerprint density at radius 2 is 0.854 bits per heavy atom. The van der Waals surface area contributed by atoms with Gasteiger partial charge in [-0.2, -0.15) is 0 Å². The minimum Gasteiger partial charge on any atom is -0.372 e. The normalized spacial score (nSPS) is 33.7. The van der Waals surface area contributed by atoms with Crippen molar-refractivity contribution in [2.24, 2.45) is 34.0 Å². The van der Waals surface area contributed by atoms with Crippen molar-refractivity contribution >= 4 is 0 Å². The van der Waals surface area contributed by atoms with Crippen LogP contribution in [0.25, 0.3) is 0 Å². The number of aliphatic hydroxyl groups is 1. The maximum Gasteiger partial charge on any atom is 0.191 e. The fourth-order valence-corrected chi connectivity index (χ4v) is 10.4. The van der Waals surface area contributed by atoms with E-state index in [9.17, 15) is 5.11 Å². The number of pyridine rings is 3. The number of hydrogen-bond donors (Lipinski definition) is 1. The maximum atomic E-state index is 13.0. The lowest BCUT2D eigenvalue weighted by molar-refractivity contribution is 0.0170. The number of nitrogens with zero attached hydrogens (tertiary/aromatic N) is 3. The Bertz CT molecular complexity index is 1460. The summed E-state index contributed by atoms with van der Waals surface area (Å²) < 4.78 is 0. The molecule has 3 aromatic heterocycles. The third-order valence-electron chi connectivity index (χ3n) is 14.1. The van der Waals surface area contributed by atoms with E-state index in [0.29, 0.717) is 68.8 Å². The van der Waals surface area contributed by atoms with Gasteiger partial charge in [-0.25, -0.2) is 0 Å². The topological polar surface area (TPSA) is 58.9 Å². The molecule has 0 unspecified atom stereocenters. The summed E-state index contributed by atoms with van der Waals surface area (Å²) in [5.74, 6) is 3.83. The van der Waals surface area contributed by atoms with Gasteiger partial charge in [0.05, 0.1) is 17.1 Å². The minimum absolute atomic E-state index is 0.343. The Morgan fingerprint density at radius 1 is 0.561 bits per heavy atom. The first-order chi connectivity index (χ1) is 19.4. The van der Waals surface area contributed by atoms with Crippen LogP contribution < -0.4 is 0 Å². The quantitative estimate of drug-likeness (QED) is 0.378. The summed E-state index contributed by atoms with van der Waals surface area (Å²) >= 11 is 0. The Balaban J connectivity index is 1.19. The molecule has 9 aliphatic rings. The molecule has 212 valence electrons. The van der Waals surface area contributed by atoms with Crippen LogP contribution in [0.5, 0.6) is 0 Å². The second-order valence-corrected chi connectivity index (χ2v) is 16.5. The van der Waals surface area contributed by atoms with Crippen molar-refractivity contribution in [1.29, 1.82) is 0 Å². The van der Waals surface area contributed by atoms with Gasteiger partial charge in [0.25, 0.3) is 0 Å². The molecule has 3 aromatic rings. The average Bonchev–Trinajstić information content (AvgIpc) is 2.98. The summed E-state index contributed by atoms with van der Waals surface area (Å²) in [5.41, 5.74) is 9.79. The van der Waals surface area contributed by atoms with Gasteiger partial charge in [0.1, 0.15) is 0 Å². The first-order valence-corrected chi connectivity index (χ1v) is 16.1. The molecule has 3 heterocycles. The van der Waals surface area contributed by atoms with Crippen LogP contribution in [0, 0.1) is 34.0 Å². The van der Waals surface area contributed by atoms with E-state index >= 15 is 0 Å². The van der Waals surface area contributed by atoms with Gasteiger partial charge in [-0.3, -0.25) is 15.0 Å². The van der Waals surface area contributed by atoms with Crippen molar-refractivity contribution in [2.75, 3.05) is 0 Å². The molecular formula is C37H43N3O. The predicted octanol–water partition coefficient (Wildman–Crippen LogP) is 7.21. The van der Waals surface area contributed by atoms with Crippen molar-refractivity contribution in [3.05, 3.63) is 87.3 Å². The van der Waals surface area contributed by atoms with Crippen LogP contribution in [0.3, 0.4) is 0 Å². The first kappa shape index (κ1) is 25.0. The molecule has 12 rings (SSSR count). The second-order valence-electron chi connectivity index (χ2n) is 16.5. The van der Waals surface area contributed by atoms with Gasteiger partial charge in [0, 0.05) is 18.6 Å². The highest BCUT2D eigenvalue weighted by molar-refractivity contribution is 5.50. The van der Waals surface area contributed by atoms with E-state index in [-0.39, 0.29) is 0 Å². The average molecular weight is 546 g/mol. The van der Waals surface area contributed by atoms with E-state index < -0.39 is 5.60 Å². The molecule has 3 saturated carbocycles. The summed E-state index contributed by atoms with van der Waals surface area (Å²) in [6.07, 6.45) is 13.2. The molecule has 0 saturated heterocycles. The van der Waals surface area contributed by atoms with E-state index in [1.807, 2.05) is 0 Å². The molecule has 1 N–H and O–H groups in total. The molecule has 0 aromatic carbocycles. The lowest BCUT2D eigenvalue weighted by atomic mass is 9.47. The smallest absolute Gasteiger partial charge is 0.191 e. The zero-order chi connectivity index (χ0) is 28.3. The second kappa shape index (κ2) is 7.48. The van der Waals surface area contributed by atoms with Crippen molar-refractivity contribution in [3.63, 3.8) is 0 Å². The lowest BCUT2D eigenvalue weighted by Gasteiger charge is -2.57. The van der Waals surface area contributed by atoms with Gasteiger partial charge in [-0.1, -0.05) is 41.5 Å². The molecular weight excluding hydrogens is 502 g/mol. The summed E-state index contributed by atoms with van der Waals surface area (Å²) in [7, 11) is 0. The highest BCUT2D eigenvalue weighted by atomic mass is 16.3. The highest BCUT2D eigenvalue weighted by Crippen LogP contribution is 2.64. The molecule has 6 atom stereocenters. The minimum atomic E-state index is -1.48. The number of rotatable bonds is 3. The summed E-state index contributed by atoms with van der Waals surface area (Å²) in [6, 6.07) is 6.60. The van der Waals surface area contributed by atoms with Crippen LogP contribution in [0.1, 0.15) is 129 Å². The summed E-state index contributed by atoms with van der Waals surface area (Å²) in [6.45, 7) is 14.4. The molecule has 4 heteroatoms. The van der Waals surface area contributed by atoms with E-state index in [2.05, 4.69) is 78.3 Å². The molecule has 4 nitrogen and oxygen atoms in total. The van der Waals surface area contributed by atoms with E-state index in [1.54, 1.807) is 0 Å². The summed E-state index contributed by atoms with van der Waals surface area (Å²) in [4.78, 5) is 15.1. The Morgan fingerprint density at radius 3 is 1.12 bits per heavy atom. The van der Waals surface area contributed by atoms with Gasteiger partial charge in [-0.15, -0.1) is 0 Å². The standard InChI is InChI=1S/C37H43N3O/c1-34(2)22-7-19-10-31(38-16-25(19)28(34)13-22)37(41,32-11-20-8-23-14-29(35(23,3)4)26(20)17-39-32)33-12-21-9-24-15-30(36(24,5)6)27(21)18-40-33/h10-12,16-18,22-24,28-30,41H,7-9,13-15H2,1-6H3/t22-,23-,24-,28-,29-,30-/m0/s1. The zero-order valence-corrected chi connectivity index (χ0v) is 25.5. The summed E-state index contributed by atoms with van der Waals surface area (Å²) in [5, 5.41) is 13.0. The van der Waals surface area contributed by atoms with E-state index in [1.165, 1.54) is 52.6 Å². The third kappa shape index (κ3) is 2.94. The van der Waals surface area contributed by atoms with Crippen molar-refractivity contribution in [2.45, 2.75) is 103 Å². The van der Waals surface area contributed by atoms with Gasteiger partial charge >= 0.3 is 0 Å². The zero-order valence-electron chi connectivity index (χ0n) is 25.5. The van der Waals surface area contributed by atoms with Crippen molar-refractivity contribution < 1.29 is 5.11 Å². The fraction of sp³-hybridized carbons (Fsp3) is 0.595. The molecule has 9 aliphatic carbocycles. The lowest BCUT2D eigenvalue weighted by Crippen LogP contribution is -2.49. The van der Waals surface area contributed by atoms with Crippen LogP contribution >= 0.6 is 0 Å².